The summed E-state index contributed by atoms with van der Waals surface area (Å²) >= 11 is 0. The minimum absolute atomic E-state index is 0.0695. The van der Waals surface area contributed by atoms with Crippen LogP contribution in [0.4, 0.5) is 24.8 Å². The molecule has 0 radical (unpaired) electrons. The maximum absolute atomic E-state index is 15.8. The summed E-state index contributed by atoms with van der Waals surface area (Å²) in [5.41, 5.74) is 0.869. The van der Waals surface area contributed by atoms with E-state index >= 15 is 13.2 Å². The monoisotopic (exact) mass is 633 g/mol. The molecule has 1 unspecified atom stereocenters. The lowest BCUT2D eigenvalue weighted by Gasteiger charge is -2.40. The number of fused-ring (bicyclic) bond motifs is 8. The zero-order valence-corrected chi connectivity index (χ0v) is 26.0. The van der Waals surface area contributed by atoms with Crippen LogP contribution in [0.25, 0.3) is 6.08 Å². The Balaban J connectivity index is 1.35. The molecule has 7 rings (SSSR count). The fraction of sp³-hybridized carbons (Fsp3) is 0.625. The molecule has 8 bridgehead atoms. The van der Waals surface area contributed by atoms with Gasteiger partial charge >= 0.3 is 0 Å². The van der Waals surface area contributed by atoms with Crippen LogP contribution in [0.15, 0.2) is 30.1 Å². The number of aromatic nitrogens is 2. The van der Waals surface area contributed by atoms with E-state index in [1.165, 1.54) is 24.5 Å². The van der Waals surface area contributed by atoms with E-state index in [0.717, 1.165) is 50.9 Å². The van der Waals surface area contributed by atoms with Gasteiger partial charge in [0.1, 0.15) is 33.6 Å². The Hall–Kier alpha value is -2.70. The number of nitrogens with zero attached hydrogens (tertiary/aromatic N) is 4. The summed E-state index contributed by atoms with van der Waals surface area (Å²) in [5.74, 6) is -3.05. The molecule has 2 fully saturated rings. The first kappa shape index (κ1) is 31.3. The van der Waals surface area contributed by atoms with Crippen LogP contribution in [0, 0.1) is 17.7 Å². The van der Waals surface area contributed by atoms with Crippen LogP contribution in [0.5, 0.6) is 0 Å². The molecule has 5 aliphatic rings. The average molecular weight is 634 g/mol. The summed E-state index contributed by atoms with van der Waals surface area (Å²) in [5, 5.41) is 14.8. The van der Waals surface area contributed by atoms with Gasteiger partial charge in [-0.1, -0.05) is 31.0 Å². The number of nitrogens with one attached hydrogen (secondary N) is 1. The molecule has 8 nitrogen and oxygen atoms in total. The third kappa shape index (κ3) is 6.48. The topological polar surface area (TPSA) is 98.7 Å². The van der Waals surface area contributed by atoms with Gasteiger partial charge in [0.25, 0.3) is 5.92 Å². The van der Waals surface area contributed by atoms with E-state index in [-0.39, 0.29) is 35.3 Å². The molecule has 5 aliphatic heterocycles. The summed E-state index contributed by atoms with van der Waals surface area (Å²) in [4.78, 5) is 13.1. The predicted octanol–water partition coefficient (Wildman–Crippen LogP) is 5.51. The summed E-state index contributed by atoms with van der Waals surface area (Å²) in [6.07, 6.45) is 6.90. The van der Waals surface area contributed by atoms with Gasteiger partial charge in [0, 0.05) is 31.6 Å². The highest BCUT2D eigenvalue weighted by Crippen LogP contribution is 2.42. The molecular formula is C32H42F3N5O3S. The van der Waals surface area contributed by atoms with Gasteiger partial charge in [-0.2, -0.15) is 0 Å². The van der Waals surface area contributed by atoms with Crippen LogP contribution in [0.1, 0.15) is 81.0 Å². The zero-order chi connectivity index (χ0) is 31.1. The Kier molecular flexibility index (Phi) is 8.96. The number of halogens is 3. The minimum Gasteiger partial charge on any atom is -0.370 e. The second-order valence-corrected chi connectivity index (χ2v) is 15.3. The number of aliphatic hydroxyl groups is 1. The predicted molar refractivity (Wildman–Crippen MR) is 165 cm³/mol. The fourth-order valence-corrected chi connectivity index (χ4v) is 8.65. The molecule has 2 N–H and O–H groups in total. The van der Waals surface area contributed by atoms with E-state index in [2.05, 4.69) is 20.2 Å². The maximum Gasteiger partial charge on any atom is 0.276 e. The highest BCUT2D eigenvalue weighted by molar-refractivity contribution is 7.91. The smallest absolute Gasteiger partial charge is 0.276 e. The number of hydrogen-bond acceptors (Lipinski definition) is 8. The Morgan fingerprint density at radius 3 is 2.50 bits per heavy atom. The van der Waals surface area contributed by atoms with Gasteiger partial charge in [-0.05, 0) is 69.1 Å². The van der Waals surface area contributed by atoms with E-state index in [0.29, 0.717) is 43.0 Å². The second kappa shape index (κ2) is 12.6. The standard InChI is InChI=1S/C32H42F3N5O3S/c1-21-24-7-6-8-27(28(24)33)32(34,35)12-9-22-18-39(19-22)13-4-2-3-5-14-40-30-26(29(38-21)36-20-37-30)17-25(31(40)41)23-10-15-44(42,43)16-11-23/h6-8,17,20-23,31,41H,2-5,9-16,18-19H2,1H3,(H,36,37,38)/t21-,31?/m1/s1. The Bertz CT molecular complexity index is 1480. The van der Waals surface area contributed by atoms with Gasteiger partial charge in [0.2, 0.25) is 0 Å². The summed E-state index contributed by atoms with van der Waals surface area (Å²) < 4.78 is 70.8. The molecule has 0 spiro atoms. The van der Waals surface area contributed by atoms with Crippen molar-refractivity contribution in [1.82, 2.24) is 14.9 Å². The molecule has 1 aromatic carbocycles. The normalized spacial score (nSPS) is 29.4. The maximum atomic E-state index is 15.8. The summed E-state index contributed by atoms with van der Waals surface area (Å²) in [6.45, 7) is 4.79. The first-order valence-corrected chi connectivity index (χ1v) is 17.7. The van der Waals surface area contributed by atoms with Gasteiger partial charge < -0.3 is 20.2 Å². The minimum atomic E-state index is -3.28. The van der Waals surface area contributed by atoms with Crippen molar-refractivity contribution < 1.29 is 26.7 Å². The summed E-state index contributed by atoms with van der Waals surface area (Å²) in [6, 6.07) is 3.47. The van der Waals surface area contributed by atoms with E-state index in [1.54, 1.807) is 6.92 Å². The van der Waals surface area contributed by atoms with E-state index in [4.69, 9.17) is 0 Å². The lowest BCUT2D eigenvalue weighted by Crippen LogP contribution is -2.47. The molecule has 6 heterocycles. The fourth-order valence-electron chi connectivity index (χ4n) is 7.16. The molecule has 0 saturated carbocycles. The molecule has 12 heteroatoms. The highest BCUT2D eigenvalue weighted by atomic mass is 32.2. The van der Waals surface area contributed by atoms with Crippen molar-refractivity contribution in [2.75, 3.05) is 47.9 Å². The number of benzene rings is 1. The van der Waals surface area contributed by atoms with E-state index in [9.17, 15) is 13.5 Å². The molecule has 1 aromatic heterocycles. The van der Waals surface area contributed by atoms with Crippen molar-refractivity contribution in [3.8, 4) is 0 Å². The van der Waals surface area contributed by atoms with Crippen molar-refractivity contribution in [3.63, 3.8) is 0 Å². The Labute approximate surface area is 257 Å². The van der Waals surface area contributed by atoms with Crippen molar-refractivity contribution in [2.45, 2.75) is 76.5 Å². The first-order chi connectivity index (χ1) is 21.0. The molecule has 2 atom stereocenters. The van der Waals surface area contributed by atoms with Crippen LogP contribution < -0.4 is 10.2 Å². The molecule has 44 heavy (non-hydrogen) atoms. The van der Waals surface area contributed by atoms with Gasteiger partial charge in [-0.15, -0.1) is 0 Å². The third-order valence-electron chi connectivity index (χ3n) is 9.83. The molecular weight excluding hydrogens is 591 g/mol. The van der Waals surface area contributed by atoms with Crippen LogP contribution >= 0.6 is 0 Å². The summed E-state index contributed by atoms with van der Waals surface area (Å²) in [7, 11) is -3.10. The number of hydrogen-bond donors (Lipinski definition) is 2. The van der Waals surface area contributed by atoms with Gasteiger partial charge in [-0.25, -0.2) is 31.6 Å². The molecule has 2 saturated heterocycles. The average Bonchev–Trinajstić information content (AvgIpc) is 2.96. The van der Waals surface area contributed by atoms with Crippen LogP contribution in [-0.2, 0) is 15.8 Å². The lowest BCUT2D eigenvalue weighted by atomic mass is 9.88. The third-order valence-corrected chi connectivity index (χ3v) is 11.5. The van der Waals surface area contributed by atoms with Crippen molar-refractivity contribution >= 4 is 27.5 Å². The molecule has 0 amide bonds. The first-order valence-electron chi connectivity index (χ1n) is 15.9. The Morgan fingerprint density at radius 2 is 1.75 bits per heavy atom. The van der Waals surface area contributed by atoms with E-state index < -0.39 is 39.4 Å². The van der Waals surface area contributed by atoms with Crippen molar-refractivity contribution in [2.24, 2.45) is 11.8 Å². The van der Waals surface area contributed by atoms with Crippen molar-refractivity contribution in [3.05, 3.63) is 52.6 Å². The Morgan fingerprint density at radius 1 is 1.02 bits per heavy atom. The van der Waals surface area contributed by atoms with Crippen LogP contribution in [0.2, 0.25) is 0 Å². The van der Waals surface area contributed by atoms with Gasteiger partial charge in [-0.3, -0.25) is 0 Å². The van der Waals surface area contributed by atoms with E-state index in [1.807, 2.05) is 11.0 Å². The molecule has 0 aliphatic carbocycles. The number of alkyl halides is 2. The largest absolute Gasteiger partial charge is 0.370 e. The van der Waals surface area contributed by atoms with Gasteiger partial charge in [0.15, 0.2) is 6.23 Å². The molecule has 240 valence electrons. The van der Waals surface area contributed by atoms with Crippen LogP contribution in [0.3, 0.4) is 0 Å². The quantitative estimate of drug-likeness (QED) is 0.424. The zero-order valence-electron chi connectivity index (χ0n) is 25.2. The van der Waals surface area contributed by atoms with Gasteiger partial charge in [0.05, 0.1) is 28.7 Å². The second-order valence-electron chi connectivity index (χ2n) is 13.0. The highest BCUT2D eigenvalue weighted by Gasteiger charge is 2.39. The molecule has 2 aromatic rings. The number of aliphatic hydroxyl groups excluding tert-OH is 1. The number of anilines is 2. The van der Waals surface area contributed by atoms with Crippen molar-refractivity contribution in [1.29, 1.82) is 0 Å². The lowest BCUT2D eigenvalue weighted by molar-refractivity contribution is -0.0320. The SMILES string of the molecule is C[C@H]1Nc2ncnc3c2C=C(C2CCS(=O)(=O)CC2)C(O)N3CCCCCCN2CC(CCC(F)(F)c3cccc1c3F)C2. The van der Waals surface area contributed by atoms with Crippen LogP contribution in [-0.4, -0.2) is 72.3 Å². The number of sulfone groups is 1. The number of rotatable bonds is 1.